The number of rotatable bonds is 4. The van der Waals surface area contributed by atoms with Crippen molar-refractivity contribution in [3.8, 4) is 11.3 Å². The van der Waals surface area contributed by atoms with Crippen molar-refractivity contribution in [2.75, 3.05) is 5.75 Å². The van der Waals surface area contributed by atoms with Gasteiger partial charge in [0.1, 0.15) is 5.76 Å². The van der Waals surface area contributed by atoms with Gasteiger partial charge in [-0.3, -0.25) is 0 Å². The predicted molar refractivity (Wildman–Crippen MR) is 79.7 cm³/mol. The molecule has 0 saturated carbocycles. The minimum Gasteiger partial charge on any atom is -0.464 e. The maximum absolute atomic E-state index is 12.0. The van der Waals surface area contributed by atoms with Crippen LogP contribution in [-0.2, 0) is 9.84 Å². The Hall–Kier alpha value is -1.66. The van der Waals surface area contributed by atoms with Crippen LogP contribution in [-0.4, -0.2) is 19.2 Å². The van der Waals surface area contributed by atoms with Crippen LogP contribution in [0.5, 0.6) is 0 Å². The van der Waals surface area contributed by atoms with Crippen LogP contribution in [0.25, 0.3) is 21.5 Å². The highest BCUT2D eigenvalue weighted by atomic mass is 32.2. The summed E-state index contributed by atoms with van der Waals surface area (Å²) < 4.78 is 30.5. The van der Waals surface area contributed by atoms with E-state index in [4.69, 9.17) is 4.42 Å². The van der Waals surface area contributed by atoms with Gasteiger partial charge in [-0.2, -0.15) is 0 Å². The maximum atomic E-state index is 12.0. The lowest BCUT2D eigenvalue weighted by Crippen LogP contribution is -2.04. The Morgan fingerprint density at radius 2 is 2.15 bits per heavy atom. The molecule has 3 aromatic rings. The van der Waals surface area contributed by atoms with E-state index >= 15 is 0 Å². The van der Waals surface area contributed by atoms with Crippen molar-refractivity contribution in [1.82, 2.24) is 4.98 Å². The highest BCUT2D eigenvalue weighted by molar-refractivity contribution is 7.93. The van der Waals surface area contributed by atoms with Gasteiger partial charge in [0.05, 0.1) is 22.2 Å². The Morgan fingerprint density at radius 3 is 2.85 bits per heavy atom. The highest BCUT2D eigenvalue weighted by Gasteiger charge is 2.18. The first-order chi connectivity index (χ1) is 9.60. The zero-order valence-electron chi connectivity index (χ0n) is 10.9. The summed E-state index contributed by atoms with van der Waals surface area (Å²) in [5.41, 5.74) is 1.63. The SMILES string of the molecule is CCCS(=O)(=O)c1nc2ccc(-c3ccco3)cc2s1. The summed E-state index contributed by atoms with van der Waals surface area (Å²) in [5, 5.41) is 0. The zero-order valence-corrected chi connectivity index (χ0v) is 12.5. The summed E-state index contributed by atoms with van der Waals surface area (Å²) in [6, 6.07) is 9.32. The van der Waals surface area contributed by atoms with Gasteiger partial charge < -0.3 is 4.42 Å². The van der Waals surface area contributed by atoms with E-state index in [0.717, 1.165) is 16.0 Å². The Kier molecular flexibility index (Phi) is 3.35. The lowest BCUT2D eigenvalue weighted by molar-refractivity contribution is 0.582. The monoisotopic (exact) mass is 307 g/mol. The van der Waals surface area contributed by atoms with Crippen LogP contribution in [0.2, 0.25) is 0 Å². The number of aromatic nitrogens is 1. The van der Waals surface area contributed by atoms with Crippen molar-refractivity contribution in [3.05, 3.63) is 36.6 Å². The van der Waals surface area contributed by atoms with Crippen molar-refractivity contribution in [2.45, 2.75) is 17.7 Å². The molecule has 0 atom stereocenters. The van der Waals surface area contributed by atoms with Crippen LogP contribution < -0.4 is 0 Å². The van der Waals surface area contributed by atoms with Crippen LogP contribution >= 0.6 is 11.3 Å². The van der Waals surface area contributed by atoms with E-state index in [2.05, 4.69) is 4.98 Å². The van der Waals surface area contributed by atoms with Gasteiger partial charge in [0, 0.05) is 5.56 Å². The third-order valence-electron chi connectivity index (χ3n) is 2.91. The number of benzene rings is 1. The number of nitrogens with zero attached hydrogens (tertiary/aromatic N) is 1. The van der Waals surface area contributed by atoms with Gasteiger partial charge in [-0.1, -0.05) is 6.92 Å². The van der Waals surface area contributed by atoms with Crippen molar-refractivity contribution in [2.24, 2.45) is 0 Å². The third kappa shape index (κ3) is 2.36. The number of furan rings is 1. The first kappa shape index (κ1) is 13.3. The van der Waals surface area contributed by atoms with Gasteiger partial charge >= 0.3 is 0 Å². The molecule has 4 nitrogen and oxygen atoms in total. The summed E-state index contributed by atoms with van der Waals surface area (Å²) in [4.78, 5) is 4.23. The fourth-order valence-electron chi connectivity index (χ4n) is 1.99. The number of sulfone groups is 1. The number of hydrogen-bond acceptors (Lipinski definition) is 5. The molecule has 0 N–H and O–H groups in total. The van der Waals surface area contributed by atoms with E-state index in [1.807, 2.05) is 37.3 Å². The standard InChI is InChI=1S/C14H13NO3S2/c1-2-8-20(16,17)14-15-11-6-5-10(9-13(11)19-14)12-4-3-7-18-12/h3-7,9H,2,8H2,1H3. The van der Waals surface area contributed by atoms with Gasteiger partial charge in [0.2, 0.25) is 14.2 Å². The van der Waals surface area contributed by atoms with Crippen LogP contribution in [0.1, 0.15) is 13.3 Å². The minimum absolute atomic E-state index is 0.137. The highest BCUT2D eigenvalue weighted by Crippen LogP contribution is 2.30. The second-order valence-corrected chi connectivity index (χ2v) is 7.77. The second-order valence-electron chi connectivity index (χ2n) is 4.46. The number of fused-ring (bicyclic) bond motifs is 1. The molecule has 2 aromatic heterocycles. The first-order valence-electron chi connectivity index (χ1n) is 6.27. The van der Waals surface area contributed by atoms with Crippen LogP contribution in [0.4, 0.5) is 0 Å². The molecule has 0 unspecified atom stereocenters. The summed E-state index contributed by atoms with van der Waals surface area (Å²) in [6.45, 7) is 1.85. The molecular formula is C14H13NO3S2. The van der Waals surface area contributed by atoms with Crippen molar-refractivity contribution < 1.29 is 12.8 Å². The molecule has 6 heteroatoms. The third-order valence-corrected chi connectivity index (χ3v) is 6.31. The van der Waals surface area contributed by atoms with E-state index in [1.165, 1.54) is 11.3 Å². The van der Waals surface area contributed by atoms with Gasteiger partial charge in [-0.05, 0) is 36.8 Å². The van der Waals surface area contributed by atoms with E-state index in [9.17, 15) is 8.42 Å². The molecule has 0 radical (unpaired) electrons. The Morgan fingerprint density at radius 1 is 1.30 bits per heavy atom. The molecule has 1 aromatic carbocycles. The summed E-state index contributed by atoms with van der Waals surface area (Å²) in [7, 11) is -3.25. The normalized spacial score (nSPS) is 12.1. The van der Waals surface area contributed by atoms with Crippen LogP contribution in [0.3, 0.4) is 0 Å². The number of thiazole rings is 1. The lowest BCUT2D eigenvalue weighted by atomic mass is 10.2. The van der Waals surface area contributed by atoms with E-state index in [0.29, 0.717) is 11.9 Å². The Bertz CT molecular complexity index is 833. The lowest BCUT2D eigenvalue weighted by Gasteiger charge is -1.95. The molecule has 20 heavy (non-hydrogen) atoms. The minimum atomic E-state index is -3.25. The summed E-state index contributed by atoms with van der Waals surface area (Å²) in [6.07, 6.45) is 2.21. The molecule has 0 bridgehead atoms. The van der Waals surface area contributed by atoms with Gasteiger partial charge in [0.15, 0.2) is 0 Å². The molecule has 0 aliphatic carbocycles. The molecule has 2 heterocycles. The predicted octanol–water partition coefficient (Wildman–Crippen LogP) is 3.74. The molecule has 0 amide bonds. The van der Waals surface area contributed by atoms with Crippen LogP contribution in [0.15, 0.2) is 45.4 Å². The second kappa shape index (κ2) is 5.03. The molecule has 0 spiro atoms. The largest absolute Gasteiger partial charge is 0.464 e. The molecular weight excluding hydrogens is 294 g/mol. The van der Waals surface area contributed by atoms with Gasteiger partial charge in [-0.25, -0.2) is 13.4 Å². The van der Waals surface area contributed by atoms with E-state index in [1.54, 1.807) is 6.26 Å². The van der Waals surface area contributed by atoms with Crippen molar-refractivity contribution in [1.29, 1.82) is 0 Å². The maximum Gasteiger partial charge on any atom is 0.210 e. The number of hydrogen-bond donors (Lipinski definition) is 0. The molecule has 3 rings (SSSR count). The van der Waals surface area contributed by atoms with Gasteiger partial charge in [-0.15, -0.1) is 11.3 Å². The Balaban J connectivity index is 2.08. The summed E-state index contributed by atoms with van der Waals surface area (Å²) in [5.74, 6) is 0.899. The van der Waals surface area contributed by atoms with E-state index < -0.39 is 9.84 Å². The fraction of sp³-hybridized carbons (Fsp3) is 0.214. The Labute approximate surface area is 121 Å². The molecule has 0 aliphatic rings. The topological polar surface area (TPSA) is 60.2 Å². The summed E-state index contributed by atoms with van der Waals surface area (Å²) >= 11 is 1.21. The average Bonchev–Trinajstić information content (AvgIpc) is 3.07. The van der Waals surface area contributed by atoms with Gasteiger partial charge in [0.25, 0.3) is 0 Å². The van der Waals surface area contributed by atoms with E-state index in [-0.39, 0.29) is 10.1 Å². The van der Waals surface area contributed by atoms with Crippen molar-refractivity contribution in [3.63, 3.8) is 0 Å². The fourth-order valence-corrected chi connectivity index (χ4v) is 4.70. The first-order valence-corrected chi connectivity index (χ1v) is 8.74. The molecule has 0 saturated heterocycles. The average molecular weight is 307 g/mol. The smallest absolute Gasteiger partial charge is 0.210 e. The zero-order chi connectivity index (χ0) is 14.2. The van der Waals surface area contributed by atoms with Crippen LogP contribution in [0, 0.1) is 0 Å². The quantitative estimate of drug-likeness (QED) is 0.736. The molecule has 0 fully saturated rings. The molecule has 104 valence electrons. The van der Waals surface area contributed by atoms with Crippen molar-refractivity contribution >= 4 is 31.4 Å². The molecule has 0 aliphatic heterocycles.